The number of rotatable bonds is 6. The molecule has 1 aromatic carbocycles. The van der Waals surface area contributed by atoms with Crippen molar-refractivity contribution in [2.45, 2.75) is 32.7 Å². The van der Waals surface area contributed by atoms with E-state index in [0.29, 0.717) is 19.5 Å². The molecular formula is C17H24N4O3. The van der Waals surface area contributed by atoms with E-state index >= 15 is 0 Å². The van der Waals surface area contributed by atoms with E-state index in [1.165, 1.54) is 5.56 Å². The fraction of sp³-hybridized carbons (Fsp3) is 0.471. The first-order valence-electron chi connectivity index (χ1n) is 8.19. The van der Waals surface area contributed by atoms with E-state index < -0.39 is 12.1 Å². The lowest BCUT2D eigenvalue weighted by Crippen LogP contribution is -2.49. The van der Waals surface area contributed by atoms with Crippen molar-refractivity contribution in [2.75, 3.05) is 24.5 Å². The maximum Gasteiger partial charge on any atom is 0.322 e. The highest BCUT2D eigenvalue weighted by Gasteiger charge is 2.25. The summed E-state index contributed by atoms with van der Waals surface area (Å²) in [6.45, 7) is 6.08. The molecule has 4 amide bonds. The van der Waals surface area contributed by atoms with Crippen molar-refractivity contribution in [1.82, 2.24) is 16.0 Å². The minimum atomic E-state index is -0.675. The maximum absolute atomic E-state index is 12.2. The number of nitrogens with one attached hydrogen (secondary N) is 3. The van der Waals surface area contributed by atoms with Crippen molar-refractivity contribution >= 4 is 23.5 Å². The molecule has 0 aromatic heterocycles. The highest BCUT2D eigenvalue weighted by Crippen LogP contribution is 2.15. The molecule has 2 rings (SSSR count). The van der Waals surface area contributed by atoms with Gasteiger partial charge in [0.05, 0.1) is 0 Å². The number of benzene rings is 1. The smallest absolute Gasteiger partial charge is 0.322 e. The monoisotopic (exact) mass is 332 g/mol. The number of hydrogen-bond donors (Lipinski definition) is 3. The first-order chi connectivity index (χ1) is 11.5. The summed E-state index contributed by atoms with van der Waals surface area (Å²) in [5.41, 5.74) is 2.30. The number of carbonyl (C=O) groups is 3. The fourth-order valence-electron chi connectivity index (χ4n) is 2.66. The van der Waals surface area contributed by atoms with Crippen molar-refractivity contribution in [3.63, 3.8) is 0 Å². The maximum atomic E-state index is 12.2. The summed E-state index contributed by atoms with van der Waals surface area (Å²) in [4.78, 5) is 37.1. The van der Waals surface area contributed by atoms with Crippen LogP contribution < -0.4 is 20.9 Å². The second-order valence-corrected chi connectivity index (χ2v) is 5.82. The molecule has 1 aliphatic rings. The number of aryl methyl sites for hydroxylation is 1. The van der Waals surface area contributed by atoms with Crippen molar-refractivity contribution in [1.29, 1.82) is 0 Å². The highest BCUT2D eigenvalue weighted by molar-refractivity contribution is 5.98. The van der Waals surface area contributed by atoms with Gasteiger partial charge in [-0.05, 0) is 38.0 Å². The SMILES string of the molecule is CCN(CCNC(=O)[C@@H]1CCC(=O)NC(=O)N1)c1cccc(C)c1. The Morgan fingerprint density at radius 3 is 2.88 bits per heavy atom. The van der Waals surface area contributed by atoms with Crippen LogP contribution in [0.25, 0.3) is 0 Å². The van der Waals surface area contributed by atoms with E-state index in [-0.39, 0.29) is 18.2 Å². The van der Waals surface area contributed by atoms with Gasteiger partial charge in [-0.25, -0.2) is 4.79 Å². The standard InChI is InChI=1S/C17H24N4O3/c1-3-21(13-6-4-5-12(2)11-13)10-9-18-16(23)14-7-8-15(22)20-17(24)19-14/h4-6,11,14H,3,7-10H2,1-2H3,(H,18,23)(H2,19,20,22,24)/t14-/m0/s1. The predicted molar refractivity (Wildman–Crippen MR) is 91.8 cm³/mol. The summed E-state index contributed by atoms with van der Waals surface area (Å²) in [6, 6.07) is 6.91. The van der Waals surface area contributed by atoms with E-state index in [4.69, 9.17) is 0 Å². The molecule has 7 nitrogen and oxygen atoms in total. The van der Waals surface area contributed by atoms with Gasteiger partial charge in [0, 0.05) is 31.7 Å². The van der Waals surface area contributed by atoms with Crippen molar-refractivity contribution in [3.05, 3.63) is 29.8 Å². The van der Waals surface area contributed by atoms with Crippen molar-refractivity contribution in [3.8, 4) is 0 Å². The average molecular weight is 332 g/mol. The lowest BCUT2D eigenvalue weighted by molar-refractivity contribution is -0.123. The van der Waals surface area contributed by atoms with Crippen LogP contribution in [0.4, 0.5) is 10.5 Å². The highest BCUT2D eigenvalue weighted by atomic mass is 16.2. The quantitative estimate of drug-likeness (QED) is 0.723. The largest absolute Gasteiger partial charge is 0.370 e. The van der Waals surface area contributed by atoms with Gasteiger partial charge < -0.3 is 15.5 Å². The molecule has 130 valence electrons. The van der Waals surface area contributed by atoms with Gasteiger partial charge in [-0.1, -0.05) is 12.1 Å². The molecule has 1 fully saturated rings. The van der Waals surface area contributed by atoms with E-state index in [2.05, 4.69) is 33.8 Å². The molecule has 1 saturated heterocycles. The van der Waals surface area contributed by atoms with Gasteiger partial charge in [0.2, 0.25) is 11.8 Å². The van der Waals surface area contributed by atoms with Gasteiger partial charge in [0.1, 0.15) is 6.04 Å². The topological polar surface area (TPSA) is 90.5 Å². The summed E-state index contributed by atoms with van der Waals surface area (Å²) >= 11 is 0. The van der Waals surface area contributed by atoms with Crippen LogP contribution in [0, 0.1) is 6.92 Å². The fourth-order valence-corrected chi connectivity index (χ4v) is 2.66. The third-order valence-electron chi connectivity index (χ3n) is 3.96. The molecule has 0 spiro atoms. The Bertz CT molecular complexity index is 618. The Kier molecular flexibility index (Phi) is 6.17. The molecule has 1 atom stereocenters. The molecule has 0 aliphatic carbocycles. The van der Waals surface area contributed by atoms with E-state index in [9.17, 15) is 14.4 Å². The Hall–Kier alpha value is -2.57. The van der Waals surface area contributed by atoms with Crippen molar-refractivity contribution in [2.24, 2.45) is 0 Å². The van der Waals surface area contributed by atoms with Gasteiger partial charge >= 0.3 is 6.03 Å². The zero-order chi connectivity index (χ0) is 17.5. The van der Waals surface area contributed by atoms with Crippen molar-refractivity contribution < 1.29 is 14.4 Å². The molecule has 7 heteroatoms. The zero-order valence-corrected chi connectivity index (χ0v) is 14.1. The lowest BCUT2D eigenvalue weighted by atomic mass is 10.1. The summed E-state index contributed by atoms with van der Waals surface area (Å²) in [5, 5.41) is 7.49. The minimum absolute atomic E-state index is 0.154. The van der Waals surface area contributed by atoms with E-state index in [0.717, 1.165) is 12.2 Å². The first-order valence-corrected chi connectivity index (χ1v) is 8.19. The van der Waals surface area contributed by atoms with Gasteiger partial charge in [-0.2, -0.15) is 0 Å². The molecule has 3 N–H and O–H groups in total. The van der Waals surface area contributed by atoms with Gasteiger partial charge in [0.25, 0.3) is 0 Å². The van der Waals surface area contributed by atoms with Gasteiger partial charge in [0.15, 0.2) is 0 Å². The van der Waals surface area contributed by atoms with Gasteiger partial charge in [-0.3, -0.25) is 14.9 Å². The summed E-state index contributed by atoms with van der Waals surface area (Å²) in [6.07, 6.45) is 0.458. The number of nitrogens with zero attached hydrogens (tertiary/aromatic N) is 1. The molecule has 1 aromatic rings. The molecule has 0 saturated carbocycles. The number of amides is 4. The summed E-state index contributed by atoms with van der Waals surface area (Å²) < 4.78 is 0. The van der Waals surface area contributed by atoms with Crippen LogP contribution in [0.2, 0.25) is 0 Å². The average Bonchev–Trinajstić information content (AvgIpc) is 2.71. The number of hydrogen-bond acceptors (Lipinski definition) is 4. The van der Waals surface area contributed by atoms with Crippen LogP contribution in [0.1, 0.15) is 25.3 Å². The number of carbonyl (C=O) groups excluding carboxylic acids is 3. The molecular weight excluding hydrogens is 308 g/mol. The molecule has 0 unspecified atom stereocenters. The summed E-state index contributed by atoms with van der Waals surface area (Å²) in [5.74, 6) is -0.625. The zero-order valence-electron chi connectivity index (χ0n) is 14.1. The third kappa shape index (κ3) is 4.97. The Balaban J connectivity index is 1.84. The Morgan fingerprint density at radius 2 is 2.17 bits per heavy atom. The number of anilines is 1. The van der Waals surface area contributed by atoms with Crippen LogP contribution >= 0.6 is 0 Å². The van der Waals surface area contributed by atoms with Gasteiger partial charge in [-0.15, -0.1) is 0 Å². The second kappa shape index (κ2) is 8.33. The summed E-state index contributed by atoms with van der Waals surface area (Å²) in [7, 11) is 0. The van der Waals surface area contributed by atoms with Crippen LogP contribution in [-0.2, 0) is 9.59 Å². The van der Waals surface area contributed by atoms with E-state index in [1.807, 2.05) is 25.1 Å². The Labute approximate surface area is 141 Å². The second-order valence-electron chi connectivity index (χ2n) is 5.82. The van der Waals surface area contributed by atoms with E-state index in [1.54, 1.807) is 0 Å². The molecule has 1 heterocycles. The predicted octanol–water partition coefficient (Wildman–Crippen LogP) is 0.926. The van der Waals surface area contributed by atoms with Crippen LogP contribution in [0.5, 0.6) is 0 Å². The number of imide groups is 1. The van der Waals surface area contributed by atoms with Crippen LogP contribution in [0.15, 0.2) is 24.3 Å². The van der Waals surface area contributed by atoms with Crippen LogP contribution in [0.3, 0.4) is 0 Å². The normalized spacial score (nSPS) is 17.5. The van der Waals surface area contributed by atoms with Crippen LogP contribution in [-0.4, -0.2) is 43.5 Å². The number of urea groups is 1. The molecule has 1 aliphatic heterocycles. The Morgan fingerprint density at radius 1 is 1.38 bits per heavy atom. The minimum Gasteiger partial charge on any atom is -0.370 e. The molecule has 0 bridgehead atoms. The third-order valence-corrected chi connectivity index (χ3v) is 3.96. The first kappa shape index (κ1) is 17.8. The number of likely N-dealkylation sites (N-methyl/N-ethyl adjacent to an activating group) is 1. The molecule has 24 heavy (non-hydrogen) atoms. The lowest BCUT2D eigenvalue weighted by Gasteiger charge is -2.24. The molecule has 0 radical (unpaired) electrons.